The van der Waals surface area contributed by atoms with E-state index in [1.807, 2.05) is 29.8 Å². The number of hydrogen-bond acceptors (Lipinski definition) is 5. The van der Waals surface area contributed by atoms with E-state index in [0.29, 0.717) is 23.7 Å². The molecule has 0 unspecified atom stereocenters. The van der Waals surface area contributed by atoms with Gasteiger partial charge in [0.2, 0.25) is 0 Å². The first kappa shape index (κ1) is 21.8. The molecule has 1 aromatic carbocycles. The second kappa shape index (κ2) is 9.80. The van der Waals surface area contributed by atoms with Crippen molar-refractivity contribution in [1.29, 1.82) is 0 Å². The van der Waals surface area contributed by atoms with Gasteiger partial charge in [-0.05, 0) is 31.4 Å². The zero-order valence-corrected chi connectivity index (χ0v) is 18.6. The zero-order valence-electron chi connectivity index (χ0n) is 18.6. The maximum Gasteiger partial charge on any atom is 0.255 e. The Morgan fingerprint density at radius 2 is 1.84 bits per heavy atom. The minimum atomic E-state index is -0.228. The molecule has 2 amide bonds. The molecule has 2 heterocycles. The van der Waals surface area contributed by atoms with Crippen molar-refractivity contribution < 1.29 is 9.59 Å². The first-order valence-electron chi connectivity index (χ1n) is 11.3. The van der Waals surface area contributed by atoms with Crippen LogP contribution in [0.5, 0.6) is 0 Å². The van der Waals surface area contributed by atoms with Gasteiger partial charge in [-0.15, -0.1) is 0 Å². The van der Waals surface area contributed by atoms with Crippen LogP contribution in [0.1, 0.15) is 65.3 Å². The van der Waals surface area contributed by atoms with Crippen LogP contribution in [-0.4, -0.2) is 39.7 Å². The first-order chi connectivity index (χ1) is 15.6. The van der Waals surface area contributed by atoms with Crippen LogP contribution in [0, 0.1) is 0 Å². The third kappa shape index (κ3) is 4.44. The molecule has 1 fully saturated rings. The summed E-state index contributed by atoms with van der Waals surface area (Å²) in [5.74, 6) is -0.404. The molecule has 0 atom stereocenters. The van der Waals surface area contributed by atoms with Crippen molar-refractivity contribution in [2.75, 3.05) is 12.4 Å². The van der Waals surface area contributed by atoms with E-state index < -0.39 is 0 Å². The number of pyridine rings is 1. The summed E-state index contributed by atoms with van der Waals surface area (Å²) in [7, 11) is 1.60. The van der Waals surface area contributed by atoms with Gasteiger partial charge < -0.3 is 16.0 Å². The van der Waals surface area contributed by atoms with Crippen molar-refractivity contribution in [2.24, 2.45) is 0 Å². The summed E-state index contributed by atoms with van der Waals surface area (Å²) in [5, 5.41) is 14.5. The molecule has 1 saturated carbocycles. The van der Waals surface area contributed by atoms with Crippen molar-refractivity contribution >= 4 is 28.5 Å². The lowest BCUT2D eigenvalue weighted by Crippen LogP contribution is -2.28. The molecular weight excluding hydrogens is 404 g/mol. The minimum absolute atomic E-state index is 0.176. The molecule has 168 valence electrons. The number of hydrogen-bond donors (Lipinski definition) is 3. The fraction of sp³-hybridized carbons (Fsp3) is 0.417. The number of fused-ring (bicyclic) bond motifs is 1. The highest BCUT2D eigenvalue weighted by molar-refractivity contribution is 6.06. The molecule has 1 aliphatic carbocycles. The van der Waals surface area contributed by atoms with E-state index in [-0.39, 0.29) is 18.4 Å². The van der Waals surface area contributed by atoms with Gasteiger partial charge in [0.25, 0.3) is 11.8 Å². The van der Waals surface area contributed by atoms with Crippen LogP contribution >= 0.6 is 0 Å². The fourth-order valence-corrected chi connectivity index (χ4v) is 4.34. The molecule has 1 aliphatic rings. The molecule has 3 N–H and O–H groups in total. The van der Waals surface area contributed by atoms with E-state index in [2.05, 4.69) is 26.0 Å². The Morgan fingerprint density at radius 3 is 2.59 bits per heavy atom. The molecule has 2 aromatic heterocycles. The summed E-state index contributed by atoms with van der Waals surface area (Å²) in [4.78, 5) is 29.9. The van der Waals surface area contributed by atoms with Crippen LogP contribution in [0.25, 0.3) is 11.0 Å². The maximum absolute atomic E-state index is 13.2. The Balaban J connectivity index is 1.62. The van der Waals surface area contributed by atoms with E-state index in [4.69, 9.17) is 0 Å². The molecule has 0 radical (unpaired) electrons. The third-order valence-electron chi connectivity index (χ3n) is 6.09. The summed E-state index contributed by atoms with van der Waals surface area (Å²) in [5.41, 5.74) is 3.37. The van der Waals surface area contributed by atoms with Gasteiger partial charge in [-0.25, -0.2) is 9.67 Å². The van der Waals surface area contributed by atoms with Crippen LogP contribution in [0.2, 0.25) is 0 Å². The van der Waals surface area contributed by atoms with Gasteiger partial charge in [-0.1, -0.05) is 37.5 Å². The molecule has 3 aromatic rings. The summed E-state index contributed by atoms with van der Waals surface area (Å²) >= 11 is 0. The average Bonchev–Trinajstić information content (AvgIpc) is 3.27. The van der Waals surface area contributed by atoms with Gasteiger partial charge in [0.15, 0.2) is 5.65 Å². The number of amides is 2. The minimum Gasteiger partial charge on any atom is -0.381 e. The monoisotopic (exact) mass is 434 g/mol. The number of aromatic nitrogens is 3. The molecule has 0 spiro atoms. The lowest BCUT2D eigenvalue weighted by atomic mass is 9.95. The van der Waals surface area contributed by atoms with Gasteiger partial charge in [0, 0.05) is 37.9 Å². The predicted octanol–water partition coefficient (Wildman–Crippen LogP) is 3.49. The zero-order chi connectivity index (χ0) is 22.5. The lowest BCUT2D eigenvalue weighted by Gasteiger charge is -2.25. The highest BCUT2D eigenvalue weighted by atomic mass is 16.2. The predicted molar refractivity (Wildman–Crippen MR) is 125 cm³/mol. The van der Waals surface area contributed by atoms with E-state index >= 15 is 0 Å². The lowest BCUT2D eigenvalue weighted by molar-refractivity contribution is 0.0940. The average molecular weight is 435 g/mol. The number of carbonyl (C=O) groups excluding carboxylic acids is 2. The number of nitrogens with zero attached hydrogens (tertiary/aromatic N) is 3. The molecule has 32 heavy (non-hydrogen) atoms. The van der Waals surface area contributed by atoms with Crippen LogP contribution in [0.3, 0.4) is 0 Å². The Morgan fingerprint density at radius 1 is 1.06 bits per heavy atom. The highest BCUT2D eigenvalue weighted by Crippen LogP contribution is 2.30. The normalized spacial score (nSPS) is 14.3. The summed E-state index contributed by atoms with van der Waals surface area (Å²) in [6, 6.07) is 7.60. The number of aryl methyl sites for hydroxylation is 1. The maximum atomic E-state index is 13.2. The van der Waals surface area contributed by atoms with Crippen molar-refractivity contribution in [3.63, 3.8) is 0 Å². The fourth-order valence-electron chi connectivity index (χ4n) is 4.34. The molecule has 0 bridgehead atoms. The molecular formula is C24H30N6O2. The third-order valence-corrected chi connectivity index (χ3v) is 6.09. The first-order valence-corrected chi connectivity index (χ1v) is 11.3. The van der Waals surface area contributed by atoms with E-state index in [1.54, 1.807) is 25.5 Å². The smallest absolute Gasteiger partial charge is 0.255 e. The molecule has 4 rings (SSSR count). The van der Waals surface area contributed by atoms with Crippen LogP contribution < -0.4 is 16.0 Å². The summed E-state index contributed by atoms with van der Waals surface area (Å²) in [6.07, 6.45) is 9.24. The summed E-state index contributed by atoms with van der Waals surface area (Å²) < 4.78 is 1.84. The molecule has 8 nitrogen and oxygen atoms in total. The largest absolute Gasteiger partial charge is 0.381 e. The van der Waals surface area contributed by atoms with Gasteiger partial charge in [0.05, 0.1) is 22.8 Å². The summed E-state index contributed by atoms with van der Waals surface area (Å²) in [6.45, 7) is 2.98. The Kier molecular flexibility index (Phi) is 6.68. The van der Waals surface area contributed by atoms with Gasteiger partial charge in [-0.3, -0.25) is 9.59 Å². The Hall–Kier alpha value is -3.42. The molecule has 8 heteroatoms. The van der Waals surface area contributed by atoms with Gasteiger partial charge in [0.1, 0.15) is 0 Å². The SMILES string of the molecule is CCn1ncc2c(NC3CCCCC3)c(C(=O)NCc3ccccc3C(=O)NC)cnc21. The van der Waals surface area contributed by atoms with Crippen LogP contribution in [-0.2, 0) is 13.1 Å². The number of rotatable bonds is 7. The highest BCUT2D eigenvalue weighted by Gasteiger charge is 2.22. The standard InChI is InChI=1S/C24H30N6O2/c1-3-30-22-19(15-28-30)21(29-17-10-5-4-6-11-17)20(14-26-22)24(32)27-13-16-9-7-8-12-18(16)23(31)25-2/h7-9,12,14-15,17H,3-6,10-11,13H2,1-2H3,(H,25,31)(H,26,29)(H,27,32). The van der Waals surface area contributed by atoms with E-state index in [1.165, 1.54) is 19.3 Å². The van der Waals surface area contributed by atoms with Crippen molar-refractivity contribution in [2.45, 2.75) is 58.2 Å². The molecule has 0 aliphatic heterocycles. The number of carbonyl (C=O) groups is 2. The number of nitrogens with one attached hydrogen (secondary N) is 3. The van der Waals surface area contributed by atoms with Crippen LogP contribution in [0.15, 0.2) is 36.7 Å². The van der Waals surface area contributed by atoms with E-state index in [0.717, 1.165) is 35.1 Å². The Labute approximate surface area is 187 Å². The van der Waals surface area contributed by atoms with Crippen LogP contribution in [0.4, 0.5) is 5.69 Å². The van der Waals surface area contributed by atoms with Crippen molar-refractivity contribution in [1.82, 2.24) is 25.4 Å². The van der Waals surface area contributed by atoms with Gasteiger partial charge >= 0.3 is 0 Å². The van der Waals surface area contributed by atoms with Crippen molar-refractivity contribution in [3.8, 4) is 0 Å². The molecule has 0 saturated heterocycles. The number of anilines is 1. The van der Waals surface area contributed by atoms with Crippen molar-refractivity contribution in [3.05, 3.63) is 53.3 Å². The Bertz CT molecular complexity index is 1120. The second-order valence-corrected chi connectivity index (χ2v) is 8.14. The van der Waals surface area contributed by atoms with E-state index in [9.17, 15) is 9.59 Å². The second-order valence-electron chi connectivity index (χ2n) is 8.14. The topological polar surface area (TPSA) is 101 Å². The number of benzene rings is 1. The van der Waals surface area contributed by atoms with Gasteiger partial charge in [-0.2, -0.15) is 5.10 Å². The quantitative estimate of drug-likeness (QED) is 0.528.